The van der Waals surface area contributed by atoms with Crippen molar-refractivity contribution in [1.82, 2.24) is 0 Å². The summed E-state index contributed by atoms with van der Waals surface area (Å²) in [5.74, 6) is 0.0475. The maximum Gasteiger partial charge on any atom is 0.265 e. The second-order valence-corrected chi connectivity index (χ2v) is 7.02. The number of carbonyl (C=O) groups excluding carboxylic acids is 1. The van der Waals surface area contributed by atoms with Crippen LogP contribution in [0.4, 0.5) is 5.69 Å². The zero-order valence-corrected chi connectivity index (χ0v) is 14.7. The molecule has 2 aromatic rings. The lowest BCUT2D eigenvalue weighted by molar-refractivity contribution is -0.114. The predicted molar refractivity (Wildman–Crippen MR) is 97.8 cm³/mol. The Bertz CT molecular complexity index is 754. The zero-order valence-electron chi connectivity index (χ0n) is 11.8. The summed E-state index contributed by atoms with van der Waals surface area (Å²) in [5.41, 5.74) is 3.28. The predicted octanol–water partition coefficient (Wildman–Crippen LogP) is 4.87. The fraction of sp³-hybridized carbons (Fsp3) is 0.118. The second-order valence-electron chi connectivity index (χ2n) is 4.89. The van der Waals surface area contributed by atoms with Crippen LogP contribution >= 0.6 is 34.4 Å². The molecule has 0 aliphatic carbocycles. The van der Waals surface area contributed by atoms with Crippen LogP contribution in [-0.2, 0) is 4.79 Å². The SMILES string of the molecule is Cc1ccccc1C1=C(I)C(=O)N(C)c2ccccc2S1. The first-order chi connectivity index (χ1) is 10.1. The van der Waals surface area contributed by atoms with Gasteiger partial charge >= 0.3 is 0 Å². The van der Waals surface area contributed by atoms with Gasteiger partial charge in [-0.2, -0.15) is 0 Å². The van der Waals surface area contributed by atoms with E-state index in [0.717, 1.165) is 24.6 Å². The number of hydrogen-bond acceptors (Lipinski definition) is 2. The minimum atomic E-state index is 0.0475. The van der Waals surface area contributed by atoms with E-state index >= 15 is 0 Å². The van der Waals surface area contributed by atoms with Crippen molar-refractivity contribution < 1.29 is 4.79 Å². The highest BCUT2D eigenvalue weighted by molar-refractivity contribution is 14.1. The molecule has 106 valence electrons. The van der Waals surface area contributed by atoms with Gasteiger partial charge in [-0.25, -0.2) is 0 Å². The van der Waals surface area contributed by atoms with Gasteiger partial charge in [0.05, 0.1) is 9.27 Å². The lowest BCUT2D eigenvalue weighted by Crippen LogP contribution is -2.25. The number of nitrogens with zero attached hydrogens (tertiary/aromatic N) is 1. The van der Waals surface area contributed by atoms with Crippen molar-refractivity contribution in [3.63, 3.8) is 0 Å². The summed E-state index contributed by atoms with van der Waals surface area (Å²) in [6.45, 7) is 2.08. The average molecular weight is 407 g/mol. The van der Waals surface area contributed by atoms with Gasteiger partial charge in [0.15, 0.2) is 0 Å². The summed E-state index contributed by atoms with van der Waals surface area (Å²) < 4.78 is 0.769. The number of carbonyl (C=O) groups is 1. The van der Waals surface area contributed by atoms with Crippen LogP contribution in [0.2, 0.25) is 0 Å². The molecule has 0 radical (unpaired) electrons. The Labute approximate surface area is 142 Å². The van der Waals surface area contributed by atoms with Crippen molar-refractivity contribution in [3.8, 4) is 0 Å². The maximum atomic E-state index is 12.7. The van der Waals surface area contributed by atoms with Crippen LogP contribution in [0.5, 0.6) is 0 Å². The van der Waals surface area contributed by atoms with Crippen LogP contribution in [0.1, 0.15) is 11.1 Å². The molecule has 3 rings (SSSR count). The summed E-state index contributed by atoms with van der Waals surface area (Å²) in [4.78, 5) is 16.5. The Morgan fingerprint density at radius 2 is 1.71 bits per heavy atom. The fourth-order valence-corrected chi connectivity index (χ4v) is 4.50. The minimum absolute atomic E-state index is 0.0475. The third kappa shape index (κ3) is 2.62. The molecule has 1 heterocycles. The number of fused-ring (bicyclic) bond motifs is 1. The van der Waals surface area contributed by atoms with Crippen LogP contribution < -0.4 is 4.90 Å². The Kier molecular flexibility index (Phi) is 4.08. The van der Waals surface area contributed by atoms with Gasteiger partial charge in [-0.05, 0) is 52.8 Å². The van der Waals surface area contributed by atoms with Gasteiger partial charge in [0, 0.05) is 16.8 Å². The van der Waals surface area contributed by atoms with Crippen LogP contribution in [-0.4, -0.2) is 13.0 Å². The summed E-state index contributed by atoms with van der Waals surface area (Å²) in [6.07, 6.45) is 0. The largest absolute Gasteiger partial charge is 0.310 e. The van der Waals surface area contributed by atoms with Crippen LogP contribution in [0.25, 0.3) is 4.91 Å². The van der Waals surface area contributed by atoms with Crippen LogP contribution in [0, 0.1) is 6.92 Å². The number of anilines is 1. The third-order valence-electron chi connectivity index (χ3n) is 3.52. The minimum Gasteiger partial charge on any atom is -0.310 e. The number of para-hydroxylation sites is 1. The van der Waals surface area contributed by atoms with E-state index in [1.165, 1.54) is 5.56 Å². The number of rotatable bonds is 1. The van der Waals surface area contributed by atoms with E-state index in [1.807, 2.05) is 37.4 Å². The van der Waals surface area contributed by atoms with Crippen molar-refractivity contribution >= 4 is 50.9 Å². The lowest BCUT2D eigenvalue weighted by Gasteiger charge is -2.16. The van der Waals surface area contributed by atoms with E-state index in [9.17, 15) is 4.79 Å². The molecule has 0 atom stereocenters. The molecule has 1 amide bonds. The highest BCUT2D eigenvalue weighted by Gasteiger charge is 2.26. The number of hydrogen-bond donors (Lipinski definition) is 0. The first kappa shape index (κ1) is 14.7. The smallest absolute Gasteiger partial charge is 0.265 e. The first-order valence-corrected chi connectivity index (χ1v) is 8.50. The Morgan fingerprint density at radius 1 is 1.05 bits per heavy atom. The third-order valence-corrected chi connectivity index (χ3v) is 6.08. The average Bonchev–Trinajstić information content (AvgIpc) is 2.59. The quantitative estimate of drug-likeness (QED) is 0.629. The van der Waals surface area contributed by atoms with E-state index in [0.29, 0.717) is 0 Å². The number of thioether (sulfide) groups is 1. The van der Waals surface area contributed by atoms with Crippen molar-refractivity contribution in [3.05, 3.63) is 63.2 Å². The molecule has 0 bridgehead atoms. The molecular weight excluding hydrogens is 393 g/mol. The normalized spacial score (nSPS) is 15.0. The number of benzene rings is 2. The first-order valence-electron chi connectivity index (χ1n) is 6.60. The van der Waals surface area contributed by atoms with Crippen LogP contribution in [0.3, 0.4) is 0 Å². The van der Waals surface area contributed by atoms with Crippen molar-refractivity contribution in [2.45, 2.75) is 11.8 Å². The van der Waals surface area contributed by atoms with Gasteiger partial charge < -0.3 is 4.90 Å². The molecule has 1 aliphatic heterocycles. The zero-order chi connectivity index (χ0) is 15.0. The number of amides is 1. The van der Waals surface area contributed by atoms with E-state index in [4.69, 9.17) is 0 Å². The Balaban J connectivity index is 2.21. The number of likely N-dealkylation sites (N-methyl/N-ethyl adjacent to an activating group) is 1. The van der Waals surface area contributed by atoms with Gasteiger partial charge in [0.2, 0.25) is 0 Å². The summed E-state index contributed by atoms with van der Waals surface area (Å²) in [7, 11) is 1.83. The van der Waals surface area contributed by atoms with E-state index < -0.39 is 0 Å². The summed E-state index contributed by atoms with van der Waals surface area (Å²) >= 11 is 3.84. The highest BCUT2D eigenvalue weighted by Crippen LogP contribution is 2.46. The molecule has 21 heavy (non-hydrogen) atoms. The standard InChI is InChI=1S/C17H14INOS/c1-11-7-3-4-8-12(11)16-15(18)17(20)19(2)13-9-5-6-10-14(13)21-16/h3-10H,1-2H3. The maximum absolute atomic E-state index is 12.7. The molecule has 1 aliphatic rings. The molecule has 0 spiro atoms. The number of halogens is 1. The lowest BCUT2D eigenvalue weighted by atomic mass is 10.1. The Hall–Kier alpha value is -1.27. The molecule has 0 saturated heterocycles. The van der Waals surface area contributed by atoms with Gasteiger partial charge in [-0.1, -0.05) is 48.2 Å². The van der Waals surface area contributed by atoms with E-state index in [-0.39, 0.29) is 5.91 Å². The topological polar surface area (TPSA) is 20.3 Å². The fourth-order valence-electron chi connectivity index (χ4n) is 2.33. The van der Waals surface area contributed by atoms with Crippen molar-refractivity contribution in [2.75, 3.05) is 11.9 Å². The molecule has 0 unspecified atom stereocenters. The van der Waals surface area contributed by atoms with E-state index in [2.05, 4.69) is 47.7 Å². The summed E-state index contributed by atoms with van der Waals surface area (Å²) in [6, 6.07) is 16.2. The molecule has 4 heteroatoms. The molecule has 0 N–H and O–H groups in total. The molecule has 0 fully saturated rings. The molecule has 0 aromatic heterocycles. The molecule has 2 nitrogen and oxygen atoms in total. The van der Waals surface area contributed by atoms with Gasteiger partial charge in [0.25, 0.3) is 5.91 Å². The van der Waals surface area contributed by atoms with Crippen LogP contribution in [0.15, 0.2) is 57.0 Å². The van der Waals surface area contributed by atoms with Crippen molar-refractivity contribution in [1.29, 1.82) is 0 Å². The van der Waals surface area contributed by atoms with Gasteiger partial charge in [-0.3, -0.25) is 4.79 Å². The molecule has 2 aromatic carbocycles. The van der Waals surface area contributed by atoms with Gasteiger partial charge in [-0.15, -0.1) is 0 Å². The Morgan fingerprint density at radius 3 is 2.48 bits per heavy atom. The van der Waals surface area contributed by atoms with Crippen molar-refractivity contribution in [2.24, 2.45) is 0 Å². The molecule has 0 saturated carbocycles. The number of aryl methyl sites for hydroxylation is 1. The molecular formula is C17H14INOS. The van der Waals surface area contributed by atoms with E-state index in [1.54, 1.807) is 16.7 Å². The van der Waals surface area contributed by atoms with Gasteiger partial charge in [0.1, 0.15) is 0 Å². The monoisotopic (exact) mass is 407 g/mol. The highest BCUT2D eigenvalue weighted by atomic mass is 127. The summed E-state index contributed by atoms with van der Waals surface area (Å²) in [5, 5.41) is 0. The second kappa shape index (κ2) is 5.85.